The molecule has 0 spiro atoms. The first-order valence-electron chi connectivity index (χ1n) is 6.59. The van der Waals surface area contributed by atoms with Gasteiger partial charge in [0.15, 0.2) is 0 Å². The summed E-state index contributed by atoms with van der Waals surface area (Å²) in [5.74, 6) is -0.980. The molecule has 1 aliphatic rings. The number of nitrogens with one attached hydrogen (secondary N) is 1. The van der Waals surface area contributed by atoms with Crippen LogP contribution >= 0.6 is 0 Å². The number of unbranched alkanes of at least 4 members (excludes halogenated alkanes) is 1. The predicted molar refractivity (Wildman–Crippen MR) is 65.7 cm³/mol. The Labute approximate surface area is 103 Å². The predicted octanol–water partition coefficient (Wildman–Crippen LogP) is 2.33. The largest absolute Gasteiger partial charge is 0.480 e. The van der Waals surface area contributed by atoms with Crippen LogP contribution in [0.1, 0.15) is 58.8 Å². The van der Waals surface area contributed by atoms with Crippen LogP contribution in [-0.2, 0) is 9.59 Å². The fraction of sp³-hybridized carbons (Fsp3) is 0.846. The van der Waals surface area contributed by atoms with Gasteiger partial charge in [0, 0.05) is 5.41 Å². The highest BCUT2D eigenvalue weighted by Gasteiger charge is 2.43. The van der Waals surface area contributed by atoms with Gasteiger partial charge in [0.25, 0.3) is 0 Å². The Kier molecular flexibility index (Phi) is 4.97. The van der Waals surface area contributed by atoms with E-state index in [1.54, 1.807) is 0 Å². The maximum absolute atomic E-state index is 12.1. The van der Waals surface area contributed by atoms with Gasteiger partial charge in [-0.25, -0.2) is 4.79 Å². The van der Waals surface area contributed by atoms with Gasteiger partial charge in [-0.2, -0.15) is 0 Å². The first-order valence-corrected chi connectivity index (χ1v) is 6.59. The van der Waals surface area contributed by atoms with Crippen LogP contribution in [-0.4, -0.2) is 23.0 Å². The summed E-state index contributed by atoms with van der Waals surface area (Å²) in [6, 6.07) is -0.716. The quantitative estimate of drug-likeness (QED) is 0.719. The van der Waals surface area contributed by atoms with E-state index in [2.05, 4.69) is 5.32 Å². The summed E-state index contributed by atoms with van der Waals surface area (Å²) < 4.78 is 0. The Morgan fingerprint density at radius 3 is 2.35 bits per heavy atom. The third-order valence-electron chi connectivity index (χ3n) is 3.92. The van der Waals surface area contributed by atoms with Gasteiger partial charge in [0.1, 0.15) is 6.04 Å². The summed E-state index contributed by atoms with van der Waals surface area (Å²) in [5, 5.41) is 11.8. The molecular formula is C13H23NO3. The lowest BCUT2D eigenvalue weighted by Crippen LogP contribution is -2.51. The summed E-state index contributed by atoms with van der Waals surface area (Å²) in [6.45, 7) is 4.01. The molecule has 17 heavy (non-hydrogen) atoms. The number of carbonyl (C=O) groups excluding carboxylic acids is 1. The summed E-state index contributed by atoms with van der Waals surface area (Å²) in [6.07, 6.45) is 5.98. The number of hydrogen-bond donors (Lipinski definition) is 2. The zero-order valence-electron chi connectivity index (χ0n) is 10.8. The molecule has 1 atom stereocenters. The van der Waals surface area contributed by atoms with Gasteiger partial charge >= 0.3 is 5.97 Å². The molecular weight excluding hydrogens is 218 g/mol. The van der Waals surface area contributed by atoms with E-state index < -0.39 is 12.0 Å². The van der Waals surface area contributed by atoms with Gasteiger partial charge in [-0.3, -0.25) is 4.79 Å². The van der Waals surface area contributed by atoms with Gasteiger partial charge in [0.05, 0.1) is 0 Å². The van der Waals surface area contributed by atoms with Crippen molar-refractivity contribution in [2.45, 2.75) is 64.8 Å². The van der Waals surface area contributed by atoms with Crippen LogP contribution in [0.5, 0.6) is 0 Å². The molecule has 0 radical (unpaired) electrons. The first kappa shape index (κ1) is 14.0. The molecule has 4 heteroatoms. The minimum atomic E-state index is -0.919. The Hall–Kier alpha value is -1.06. The molecule has 0 saturated heterocycles. The zero-order valence-corrected chi connectivity index (χ0v) is 10.8. The second-order valence-electron chi connectivity index (χ2n) is 4.99. The van der Waals surface area contributed by atoms with Crippen molar-refractivity contribution >= 4 is 11.9 Å². The molecule has 0 aromatic carbocycles. The highest BCUT2D eigenvalue weighted by atomic mass is 16.4. The smallest absolute Gasteiger partial charge is 0.326 e. The molecule has 1 rings (SSSR count). The Balaban J connectivity index is 2.54. The number of hydrogen-bond acceptors (Lipinski definition) is 2. The Morgan fingerprint density at radius 1 is 1.35 bits per heavy atom. The number of carboxylic acids is 1. The number of amides is 1. The zero-order chi connectivity index (χ0) is 12.9. The van der Waals surface area contributed by atoms with Crippen molar-refractivity contribution in [2.24, 2.45) is 5.41 Å². The van der Waals surface area contributed by atoms with E-state index in [4.69, 9.17) is 5.11 Å². The van der Waals surface area contributed by atoms with Gasteiger partial charge in [-0.1, -0.05) is 33.1 Å². The van der Waals surface area contributed by atoms with Crippen molar-refractivity contribution in [3.05, 3.63) is 0 Å². The van der Waals surface area contributed by atoms with Crippen molar-refractivity contribution < 1.29 is 14.7 Å². The summed E-state index contributed by atoms with van der Waals surface area (Å²) >= 11 is 0. The number of aliphatic carboxylic acids is 1. The van der Waals surface area contributed by atoms with Crippen LogP contribution in [0.4, 0.5) is 0 Å². The van der Waals surface area contributed by atoms with Crippen LogP contribution in [0.3, 0.4) is 0 Å². The molecule has 2 N–H and O–H groups in total. The van der Waals surface area contributed by atoms with Crippen LogP contribution < -0.4 is 5.32 Å². The SMILES string of the molecule is CCCCC(NC(=O)C1(CC)CCC1)C(=O)O. The van der Waals surface area contributed by atoms with Crippen molar-refractivity contribution in [1.29, 1.82) is 0 Å². The Morgan fingerprint density at radius 2 is 2.00 bits per heavy atom. The maximum atomic E-state index is 12.1. The molecule has 0 heterocycles. The monoisotopic (exact) mass is 241 g/mol. The highest BCUT2D eigenvalue weighted by molar-refractivity contribution is 5.88. The minimum Gasteiger partial charge on any atom is -0.480 e. The molecule has 0 aromatic rings. The van der Waals surface area contributed by atoms with Gasteiger partial charge in [-0.05, 0) is 25.7 Å². The normalized spacial score (nSPS) is 19.2. The fourth-order valence-electron chi connectivity index (χ4n) is 2.32. The molecule has 0 bridgehead atoms. The second kappa shape index (κ2) is 6.03. The number of carboxylic acid groups (broad SMARTS) is 1. The molecule has 1 unspecified atom stereocenters. The molecule has 0 aliphatic heterocycles. The topological polar surface area (TPSA) is 66.4 Å². The van der Waals surface area contributed by atoms with Gasteiger partial charge in [-0.15, -0.1) is 0 Å². The minimum absolute atomic E-state index is 0.0604. The molecule has 1 aliphatic carbocycles. The van der Waals surface area contributed by atoms with E-state index in [-0.39, 0.29) is 11.3 Å². The number of carbonyl (C=O) groups is 2. The lowest BCUT2D eigenvalue weighted by Gasteiger charge is -2.40. The van der Waals surface area contributed by atoms with Gasteiger partial charge < -0.3 is 10.4 Å². The fourth-order valence-corrected chi connectivity index (χ4v) is 2.32. The van der Waals surface area contributed by atoms with Crippen molar-refractivity contribution in [3.8, 4) is 0 Å². The van der Waals surface area contributed by atoms with Crippen molar-refractivity contribution in [2.75, 3.05) is 0 Å². The highest BCUT2D eigenvalue weighted by Crippen LogP contribution is 2.44. The summed E-state index contributed by atoms with van der Waals surface area (Å²) in [4.78, 5) is 23.1. The van der Waals surface area contributed by atoms with Gasteiger partial charge in [0.2, 0.25) is 5.91 Å². The van der Waals surface area contributed by atoms with E-state index in [0.717, 1.165) is 38.5 Å². The average molecular weight is 241 g/mol. The molecule has 1 fully saturated rings. The van der Waals surface area contributed by atoms with Crippen molar-refractivity contribution in [3.63, 3.8) is 0 Å². The van der Waals surface area contributed by atoms with Crippen LogP contribution in [0, 0.1) is 5.41 Å². The van der Waals surface area contributed by atoms with Crippen LogP contribution in [0.15, 0.2) is 0 Å². The third-order valence-corrected chi connectivity index (χ3v) is 3.92. The maximum Gasteiger partial charge on any atom is 0.326 e. The van der Waals surface area contributed by atoms with Crippen LogP contribution in [0.25, 0.3) is 0 Å². The third kappa shape index (κ3) is 3.20. The Bertz CT molecular complexity index is 279. The molecule has 0 aromatic heterocycles. The second-order valence-corrected chi connectivity index (χ2v) is 4.99. The van der Waals surface area contributed by atoms with Crippen molar-refractivity contribution in [1.82, 2.24) is 5.32 Å². The lowest BCUT2D eigenvalue weighted by atomic mass is 9.66. The van der Waals surface area contributed by atoms with E-state index in [9.17, 15) is 9.59 Å². The first-order chi connectivity index (χ1) is 8.05. The number of rotatable bonds is 7. The molecule has 1 saturated carbocycles. The summed E-state index contributed by atoms with van der Waals surface area (Å²) in [7, 11) is 0. The van der Waals surface area contributed by atoms with E-state index >= 15 is 0 Å². The molecule has 1 amide bonds. The lowest BCUT2D eigenvalue weighted by molar-refractivity contribution is -0.146. The molecule has 4 nitrogen and oxygen atoms in total. The van der Waals surface area contributed by atoms with E-state index in [0.29, 0.717) is 6.42 Å². The standard InChI is InChI=1S/C13H23NO3/c1-3-5-7-10(11(15)16)14-12(17)13(4-2)8-6-9-13/h10H,3-9H2,1-2H3,(H,14,17)(H,15,16). The molecule has 98 valence electrons. The summed E-state index contributed by atoms with van der Waals surface area (Å²) in [5.41, 5.74) is -0.278. The average Bonchev–Trinajstić information content (AvgIpc) is 2.23. The van der Waals surface area contributed by atoms with Crippen LogP contribution in [0.2, 0.25) is 0 Å². The van der Waals surface area contributed by atoms with E-state index in [1.165, 1.54) is 0 Å². The van der Waals surface area contributed by atoms with E-state index in [1.807, 2.05) is 13.8 Å².